The van der Waals surface area contributed by atoms with Crippen LogP contribution in [0.5, 0.6) is 11.5 Å². The lowest BCUT2D eigenvalue weighted by Gasteiger charge is -2.31. The highest BCUT2D eigenvalue weighted by atomic mass is 19.3. The first-order valence-electron chi connectivity index (χ1n) is 6.97. The minimum absolute atomic E-state index is 0.248. The average Bonchev–Trinajstić information content (AvgIpc) is 2.83. The lowest BCUT2D eigenvalue weighted by molar-refractivity contribution is -0.196. The summed E-state index contributed by atoms with van der Waals surface area (Å²) in [7, 11) is 1.51. The smallest absolute Gasteiger partial charge is 0.287 e. The van der Waals surface area contributed by atoms with Gasteiger partial charge in [0, 0.05) is 12.1 Å². The third-order valence-electron chi connectivity index (χ3n) is 3.43. The summed E-state index contributed by atoms with van der Waals surface area (Å²) in [6.45, 7) is 2.87. The van der Waals surface area contributed by atoms with Crippen LogP contribution in [-0.2, 0) is 4.79 Å². The molecule has 0 saturated heterocycles. The van der Waals surface area contributed by atoms with E-state index in [1.54, 1.807) is 24.3 Å². The Bertz CT molecular complexity index is 606. The summed E-state index contributed by atoms with van der Waals surface area (Å²) in [5, 5.41) is 14.2. The fourth-order valence-electron chi connectivity index (χ4n) is 2.23. The van der Waals surface area contributed by atoms with E-state index in [1.807, 2.05) is 0 Å². The molecule has 1 aromatic rings. The maximum atomic E-state index is 13.1. The van der Waals surface area contributed by atoms with Gasteiger partial charge >= 0.3 is 0 Å². The van der Waals surface area contributed by atoms with Gasteiger partial charge in [0.15, 0.2) is 6.10 Å². The molecule has 23 heavy (non-hydrogen) atoms. The summed E-state index contributed by atoms with van der Waals surface area (Å²) < 4.78 is 36.6. The normalized spacial score (nSPS) is 22.0. The van der Waals surface area contributed by atoms with E-state index < -0.39 is 30.6 Å². The fourth-order valence-corrected chi connectivity index (χ4v) is 2.23. The Hall–Kier alpha value is -2.22. The number of ether oxygens (including phenoxy) is 2. The van der Waals surface area contributed by atoms with Crippen LogP contribution in [0, 0.1) is 0 Å². The number of benzene rings is 1. The highest BCUT2D eigenvalue weighted by Gasteiger charge is 2.51. The number of nitrogens with zero attached hydrogens (tertiary/aromatic N) is 2. The van der Waals surface area contributed by atoms with Crippen molar-refractivity contribution < 1.29 is 28.2 Å². The SMILES string of the molecule is COc1ccc(O[C@@H](C)C(=O)N2N=C(C)C[C@@]2(O)C(F)F)cc1. The Labute approximate surface area is 132 Å². The number of hydrogen-bond acceptors (Lipinski definition) is 5. The van der Waals surface area contributed by atoms with Crippen LogP contribution in [0.2, 0.25) is 0 Å². The predicted molar refractivity (Wildman–Crippen MR) is 78.6 cm³/mol. The Kier molecular flexibility index (Phi) is 4.84. The van der Waals surface area contributed by atoms with Crippen molar-refractivity contribution in [3.05, 3.63) is 24.3 Å². The van der Waals surface area contributed by atoms with Gasteiger partial charge in [-0.15, -0.1) is 0 Å². The standard InChI is InChI=1S/C15H18F2N2O4/c1-9-8-15(21,14(16)17)19(18-9)13(20)10(2)23-12-6-4-11(22-3)5-7-12/h4-7,10,14,21H,8H2,1-3H3/t10-,15+/m0/s1. The van der Waals surface area contributed by atoms with Crippen molar-refractivity contribution in [2.45, 2.75) is 38.5 Å². The van der Waals surface area contributed by atoms with Crippen molar-refractivity contribution in [3.8, 4) is 11.5 Å². The Balaban J connectivity index is 2.11. The zero-order valence-electron chi connectivity index (χ0n) is 13.0. The van der Waals surface area contributed by atoms with Gasteiger partial charge in [0.1, 0.15) is 11.5 Å². The molecule has 6 nitrogen and oxygen atoms in total. The van der Waals surface area contributed by atoms with Crippen molar-refractivity contribution in [2.75, 3.05) is 7.11 Å². The number of amides is 1. The summed E-state index contributed by atoms with van der Waals surface area (Å²) in [6, 6.07) is 6.45. The Morgan fingerprint density at radius 1 is 1.35 bits per heavy atom. The maximum absolute atomic E-state index is 13.1. The monoisotopic (exact) mass is 328 g/mol. The van der Waals surface area contributed by atoms with Crippen molar-refractivity contribution >= 4 is 11.6 Å². The van der Waals surface area contributed by atoms with E-state index in [-0.39, 0.29) is 5.71 Å². The molecule has 0 bridgehead atoms. The Morgan fingerprint density at radius 3 is 2.43 bits per heavy atom. The van der Waals surface area contributed by atoms with Crippen LogP contribution < -0.4 is 9.47 Å². The molecule has 0 fully saturated rings. The van der Waals surface area contributed by atoms with Crippen LogP contribution in [-0.4, -0.2) is 47.1 Å². The van der Waals surface area contributed by atoms with E-state index in [0.29, 0.717) is 16.5 Å². The van der Waals surface area contributed by atoms with Gasteiger partial charge in [-0.3, -0.25) is 4.79 Å². The average molecular weight is 328 g/mol. The minimum Gasteiger partial charge on any atom is -0.497 e. The van der Waals surface area contributed by atoms with Crippen molar-refractivity contribution in [2.24, 2.45) is 5.10 Å². The summed E-state index contributed by atoms with van der Waals surface area (Å²) in [4.78, 5) is 12.3. The van der Waals surface area contributed by atoms with Crippen LogP contribution in [0.15, 0.2) is 29.4 Å². The largest absolute Gasteiger partial charge is 0.497 e. The van der Waals surface area contributed by atoms with Gasteiger partial charge in [-0.05, 0) is 38.1 Å². The van der Waals surface area contributed by atoms with Crippen molar-refractivity contribution in [3.63, 3.8) is 0 Å². The molecule has 1 aromatic carbocycles. The topological polar surface area (TPSA) is 71.4 Å². The number of hydrogen-bond donors (Lipinski definition) is 1. The quantitative estimate of drug-likeness (QED) is 0.898. The van der Waals surface area contributed by atoms with E-state index >= 15 is 0 Å². The van der Waals surface area contributed by atoms with Crippen LogP contribution >= 0.6 is 0 Å². The Morgan fingerprint density at radius 2 is 1.91 bits per heavy atom. The summed E-state index contributed by atoms with van der Waals surface area (Å²) in [5.74, 6) is 0.135. The number of carbonyl (C=O) groups is 1. The summed E-state index contributed by atoms with van der Waals surface area (Å²) >= 11 is 0. The molecule has 2 atom stereocenters. The molecule has 0 saturated carbocycles. The van der Waals surface area contributed by atoms with Gasteiger partial charge in [-0.2, -0.15) is 10.1 Å². The molecule has 1 aliphatic heterocycles. The molecule has 126 valence electrons. The highest BCUT2D eigenvalue weighted by molar-refractivity contribution is 5.90. The van der Waals surface area contributed by atoms with Gasteiger partial charge in [-0.1, -0.05) is 0 Å². The molecule has 0 spiro atoms. The molecule has 2 rings (SSSR count). The third kappa shape index (κ3) is 3.42. The summed E-state index contributed by atoms with van der Waals surface area (Å²) in [6.07, 6.45) is -4.63. The third-order valence-corrected chi connectivity index (χ3v) is 3.43. The molecular formula is C15H18F2N2O4. The zero-order chi connectivity index (χ0) is 17.2. The number of carbonyl (C=O) groups excluding carboxylic acids is 1. The molecule has 0 radical (unpaired) electrons. The van der Waals surface area contributed by atoms with Crippen molar-refractivity contribution in [1.29, 1.82) is 0 Å². The van der Waals surface area contributed by atoms with Gasteiger partial charge in [0.05, 0.1) is 7.11 Å². The maximum Gasteiger partial charge on any atom is 0.287 e. The first kappa shape index (κ1) is 17.1. The summed E-state index contributed by atoms with van der Waals surface area (Å²) in [5.41, 5.74) is -2.38. The first-order valence-corrected chi connectivity index (χ1v) is 6.97. The molecule has 0 unspecified atom stereocenters. The molecular weight excluding hydrogens is 310 g/mol. The van der Waals surface area contributed by atoms with E-state index in [1.165, 1.54) is 21.0 Å². The molecule has 0 aromatic heterocycles. The van der Waals surface area contributed by atoms with Crippen LogP contribution in [0.3, 0.4) is 0 Å². The predicted octanol–water partition coefficient (Wildman–Crippen LogP) is 2.02. The molecule has 1 N–H and O–H groups in total. The molecule has 1 heterocycles. The van der Waals surface area contributed by atoms with Gasteiger partial charge in [-0.25, -0.2) is 8.78 Å². The number of rotatable bonds is 5. The minimum atomic E-state index is -3.14. The fraction of sp³-hybridized carbons (Fsp3) is 0.467. The van der Waals surface area contributed by atoms with E-state index in [0.717, 1.165) is 0 Å². The highest BCUT2D eigenvalue weighted by Crippen LogP contribution is 2.32. The van der Waals surface area contributed by atoms with Gasteiger partial charge in [0.25, 0.3) is 12.3 Å². The second-order valence-electron chi connectivity index (χ2n) is 5.28. The van der Waals surface area contributed by atoms with E-state index in [2.05, 4.69) is 5.10 Å². The lowest BCUT2D eigenvalue weighted by Crippen LogP contribution is -2.54. The van der Waals surface area contributed by atoms with E-state index in [4.69, 9.17) is 9.47 Å². The van der Waals surface area contributed by atoms with Crippen molar-refractivity contribution in [1.82, 2.24) is 5.01 Å². The first-order chi connectivity index (χ1) is 10.8. The van der Waals surface area contributed by atoms with Gasteiger partial charge < -0.3 is 14.6 Å². The number of halogens is 2. The number of methoxy groups -OCH3 is 1. The second kappa shape index (κ2) is 6.49. The zero-order valence-corrected chi connectivity index (χ0v) is 13.0. The van der Waals surface area contributed by atoms with E-state index in [9.17, 15) is 18.7 Å². The van der Waals surface area contributed by atoms with Gasteiger partial charge in [0.2, 0.25) is 5.72 Å². The molecule has 8 heteroatoms. The van der Waals surface area contributed by atoms with Crippen LogP contribution in [0.25, 0.3) is 0 Å². The van der Waals surface area contributed by atoms with Crippen LogP contribution in [0.4, 0.5) is 8.78 Å². The molecule has 1 aliphatic rings. The van der Waals surface area contributed by atoms with Crippen LogP contribution in [0.1, 0.15) is 20.3 Å². The molecule has 0 aliphatic carbocycles. The lowest BCUT2D eigenvalue weighted by atomic mass is 10.1. The number of hydrazone groups is 1. The number of alkyl halides is 2. The second-order valence-corrected chi connectivity index (χ2v) is 5.28. The number of aliphatic hydroxyl groups is 1. The molecule has 1 amide bonds.